The molecule has 0 saturated heterocycles. The summed E-state index contributed by atoms with van der Waals surface area (Å²) in [5, 5.41) is 16.3. The summed E-state index contributed by atoms with van der Waals surface area (Å²) in [7, 11) is 0. The van der Waals surface area contributed by atoms with E-state index in [0.29, 0.717) is 38.9 Å². The molecule has 0 fully saturated rings. The molecular weight excluding hydrogens is 373 g/mol. The van der Waals surface area contributed by atoms with Crippen LogP contribution in [0.2, 0.25) is 10.0 Å². The number of nitrogens with one attached hydrogen (secondary N) is 2. The zero-order chi connectivity index (χ0) is 18.5. The monoisotopic (exact) mass is 389 g/mol. The normalized spacial score (nSPS) is 11.8. The first-order chi connectivity index (χ1) is 12.6. The van der Waals surface area contributed by atoms with Crippen LogP contribution < -0.4 is 10.6 Å². The fraction of sp³-hybridized carbons (Fsp3) is 0.167. The van der Waals surface area contributed by atoms with E-state index < -0.39 is 0 Å². The Morgan fingerprint density at radius 3 is 2.65 bits per heavy atom. The summed E-state index contributed by atoms with van der Waals surface area (Å²) in [5.74, 6) is 0.896. The van der Waals surface area contributed by atoms with Crippen molar-refractivity contribution in [1.29, 1.82) is 0 Å². The molecule has 1 aromatic carbocycles. The molecule has 0 amide bonds. The second-order valence-electron chi connectivity index (χ2n) is 5.63. The molecule has 0 radical (unpaired) electrons. The molecule has 0 bridgehead atoms. The number of benzene rings is 1. The molecule has 3 N–H and O–H groups in total. The highest BCUT2D eigenvalue weighted by molar-refractivity contribution is 6.43. The van der Waals surface area contributed by atoms with Gasteiger partial charge >= 0.3 is 0 Å². The van der Waals surface area contributed by atoms with Crippen molar-refractivity contribution in [2.45, 2.75) is 13.0 Å². The maximum atomic E-state index is 9.28. The summed E-state index contributed by atoms with van der Waals surface area (Å²) in [6.07, 6.45) is 1.70. The van der Waals surface area contributed by atoms with Crippen LogP contribution in [-0.2, 0) is 0 Å². The Hall–Kier alpha value is -2.41. The number of halogens is 2. The molecule has 0 spiro atoms. The molecule has 0 aliphatic rings. The van der Waals surface area contributed by atoms with Crippen LogP contribution in [0.25, 0.3) is 11.4 Å². The van der Waals surface area contributed by atoms with E-state index in [0.717, 1.165) is 0 Å². The summed E-state index contributed by atoms with van der Waals surface area (Å²) >= 11 is 12.3. The minimum atomic E-state index is -0.198. The topological polar surface area (TPSA) is 83.0 Å². The number of hydrogen-bond donors (Lipinski definition) is 3. The van der Waals surface area contributed by atoms with Gasteiger partial charge in [0.25, 0.3) is 0 Å². The quantitative estimate of drug-likeness (QED) is 0.579. The third-order valence-electron chi connectivity index (χ3n) is 3.52. The van der Waals surface area contributed by atoms with Crippen LogP contribution in [0.4, 0.5) is 17.5 Å². The van der Waals surface area contributed by atoms with Gasteiger partial charge in [0.05, 0.1) is 33.7 Å². The largest absolute Gasteiger partial charge is 0.394 e. The summed E-state index contributed by atoms with van der Waals surface area (Å²) in [6.45, 7) is 1.79. The van der Waals surface area contributed by atoms with Crippen molar-refractivity contribution in [3.8, 4) is 11.4 Å². The first kappa shape index (κ1) is 18.4. The van der Waals surface area contributed by atoms with Crippen molar-refractivity contribution in [3.63, 3.8) is 0 Å². The first-order valence-corrected chi connectivity index (χ1v) is 8.71. The van der Waals surface area contributed by atoms with Crippen molar-refractivity contribution < 1.29 is 5.11 Å². The van der Waals surface area contributed by atoms with Crippen molar-refractivity contribution in [2.24, 2.45) is 0 Å². The van der Waals surface area contributed by atoms with Crippen LogP contribution in [-0.4, -0.2) is 32.7 Å². The number of pyridine rings is 1. The van der Waals surface area contributed by atoms with Gasteiger partial charge in [-0.2, -0.15) is 4.98 Å². The van der Waals surface area contributed by atoms with Gasteiger partial charge in [0.2, 0.25) is 5.95 Å². The Morgan fingerprint density at radius 1 is 1.08 bits per heavy atom. The van der Waals surface area contributed by atoms with Crippen molar-refractivity contribution in [3.05, 3.63) is 58.7 Å². The van der Waals surface area contributed by atoms with E-state index in [1.165, 1.54) is 0 Å². The predicted octanol–water partition coefficient (Wildman–Crippen LogP) is 4.38. The fourth-order valence-electron chi connectivity index (χ4n) is 2.23. The summed E-state index contributed by atoms with van der Waals surface area (Å²) in [5.41, 5.74) is 1.97. The lowest BCUT2D eigenvalue weighted by molar-refractivity contribution is 0.281. The molecule has 26 heavy (non-hydrogen) atoms. The molecular formula is C18H17Cl2N5O. The molecule has 3 aromatic rings. The maximum Gasteiger partial charge on any atom is 0.225 e. The molecule has 2 aromatic heterocycles. The van der Waals surface area contributed by atoms with Gasteiger partial charge < -0.3 is 15.7 Å². The molecule has 1 atom stereocenters. The zero-order valence-electron chi connectivity index (χ0n) is 13.9. The average molecular weight is 390 g/mol. The SMILES string of the molecule is C[C@@H](CO)Nc1nc(Nc2cccc(Cl)c2Cl)cc(-c2ccccn2)n1. The minimum absolute atomic E-state index is 0.0416. The van der Waals surface area contributed by atoms with Crippen LogP contribution in [0.3, 0.4) is 0 Å². The standard InChI is InChI=1S/C18H17Cl2N5O/c1-11(10-26)22-18-24-15(13-6-2-3-8-21-13)9-16(25-18)23-14-7-4-5-12(19)17(14)20/h2-9,11,26H,10H2,1H3,(H2,22,23,24,25)/t11-/m0/s1. The summed E-state index contributed by atoms with van der Waals surface area (Å²) in [4.78, 5) is 13.2. The highest BCUT2D eigenvalue weighted by atomic mass is 35.5. The summed E-state index contributed by atoms with van der Waals surface area (Å²) < 4.78 is 0. The number of aliphatic hydroxyl groups excluding tert-OH is 1. The van der Waals surface area contributed by atoms with Gasteiger partial charge in [-0.15, -0.1) is 0 Å². The Bertz CT molecular complexity index is 892. The van der Waals surface area contributed by atoms with Gasteiger partial charge in [0, 0.05) is 18.3 Å². The Morgan fingerprint density at radius 2 is 1.92 bits per heavy atom. The van der Waals surface area contributed by atoms with Crippen LogP contribution in [0.5, 0.6) is 0 Å². The highest BCUT2D eigenvalue weighted by Gasteiger charge is 2.11. The van der Waals surface area contributed by atoms with Crippen LogP contribution in [0.1, 0.15) is 6.92 Å². The lowest BCUT2D eigenvalue weighted by atomic mass is 10.2. The van der Waals surface area contributed by atoms with E-state index in [1.807, 2.05) is 25.1 Å². The maximum absolute atomic E-state index is 9.28. The molecule has 6 nitrogen and oxygen atoms in total. The van der Waals surface area contributed by atoms with Crippen molar-refractivity contribution >= 4 is 40.7 Å². The van der Waals surface area contributed by atoms with E-state index in [4.69, 9.17) is 23.2 Å². The van der Waals surface area contributed by atoms with Gasteiger partial charge in [0.1, 0.15) is 5.82 Å². The lowest BCUT2D eigenvalue weighted by Gasteiger charge is -2.14. The number of aromatic nitrogens is 3. The number of rotatable bonds is 6. The zero-order valence-corrected chi connectivity index (χ0v) is 15.5. The molecule has 2 heterocycles. The van der Waals surface area contributed by atoms with Crippen LogP contribution in [0.15, 0.2) is 48.7 Å². The van der Waals surface area contributed by atoms with Gasteiger partial charge in [-0.05, 0) is 31.2 Å². The second-order valence-corrected chi connectivity index (χ2v) is 6.42. The molecule has 8 heteroatoms. The third-order valence-corrected chi connectivity index (χ3v) is 4.34. The Balaban J connectivity index is 2.00. The minimum Gasteiger partial charge on any atom is -0.394 e. The number of hydrogen-bond acceptors (Lipinski definition) is 6. The Labute approximate surface area is 161 Å². The van der Waals surface area contributed by atoms with Gasteiger partial charge in [-0.1, -0.05) is 35.3 Å². The molecule has 0 aliphatic carbocycles. The fourth-order valence-corrected chi connectivity index (χ4v) is 2.57. The molecule has 0 saturated carbocycles. The number of aliphatic hydroxyl groups is 1. The van der Waals surface area contributed by atoms with E-state index in [9.17, 15) is 5.11 Å². The smallest absolute Gasteiger partial charge is 0.225 e. The van der Waals surface area contributed by atoms with Gasteiger partial charge in [-0.25, -0.2) is 4.98 Å². The van der Waals surface area contributed by atoms with Crippen molar-refractivity contribution in [1.82, 2.24) is 15.0 Å². The summed E-state index contributed by atoms with van der Waals surface area (Å²) in [6, 6.07) is 12.5. The van der Waals surface area contributed by atoms with E-state index in [2.05, 4.69) is 25.6 Å². The number of nitrogens with zero attached hydrogens (tertiary/aromatic N) is 3. The van der Waals surface area contributed by atoms with E-state index >= 15 is 0 Å². The molecule has 0 aliphatic heterocycles. The third kappa shape index (κ3) is 4.40. The Kier molecular flexibility index (Phi) is 5.88. The predicted molar refractivity (Wildman–Crippen MR) is 105 cm³/mol. The second kappa shape index (κ2) is 8.31. The molecule has 0 unspecified atom stereocenters. The van der Waals surface area contributed by atoms with E-state index in [-0.39, 0.29) is 12.6 Å². The van der Waals surface area contributed by atoms with Crippen LogP contribution in [0, 0.1) is 0 Å². The number of anilines is 3. The molecule has 134 valence electrons. The highest BCUT2D eigenvalue weighted by Crippen LogP contribution is 2.32. The van der Waals surface area contributed by atoms with Gasteiger partial charge in [0.15, 0.2) is 0 Å². The van der Waals surface area contributed by atoms with E-state index in [1.54, 1.807) is 30.5 Å². The van der Waals surface area contributed by atoms with Crippen LogP contribution >= 0.6 is 23.2 Å². The molecule has 3 rings (SSSR count). The lowest BCUT2D eigenvalue weighted by Crippen LogP contribution is -2.21. The van der Waals surface area contributed by atoms with Gasteiger partial charge in [-0.3, -0.25) is 4.98 Å². The van der Waals surface area contributed by atoms with Crippen molar-refractivity contribution in [2.75, 3.05) is 17.2 Å². The first-order valence-electron chi connectivity index (χ1n) is 7.95. The average Bonchev–Trinajstić information content (AvgIpc) is 2.66.